The Kier molecular flexibility index (Phi) is 5.47. The van der Waals surface area contributed by atoms with Crippen LogP contribution in [0.15, 0.2) is 29.6 Å². The number of benzene rings is 1. The molecule has 0 amide bonds. The molecule has 22 heavy (non-hydrogen) atoms. The summed E-state index contributed by atoms with van der Waals surface area (Å²) in [5, 5.41) is 7.53. The number of likely N-dealkylation sites (N-methyl/N-ethyl adjacent to an activating group) is 1. The zero-order chi connectivity index (χ0) is 15.4. The summed E-state index contributed by atoms with van der Waals surface area (Å²) in [6, 6.07) is 8.57. The Hall–Kier alpha value is -0.940. The average molecular weight is 336 g/mol. The number of nitrogens with zero attached hydrogens (tertiary/aromatic N) is 2. The van der Waals surface area contributed by atoms with E-state index in [4.69, 9.17) is 16.6 Å². The molecular weight excluding hydrogens is 314 g/mol. The number of likely N-dealkylation sites (tertiary alicyclic amines) is 1. The van der Waals surface area contributed by atoms with Gasteiger partial charge in [-0.15, -0.1) is 11.3 Å². The van der Waals surface area contributed by atoms with Crippen LogP contribution < -0.4 is 5.32 Å². The van der Waals surface area contributed by atoms with Crippen molar-refractivity contribution in [2.24, 2.45) is 0 Å². The lowest BCUT2D eigenvalue weighted by molar-refractivity contribution is 0.259. The normalized spacial score (nSPS) is 18.9. The van der Waals surface area contributed by atoms with Crippen LogP contribution in [0.4, 0.5) is 0 Å². The molecule has 0 aliphatic carbocycles. The van der Waals surface area contributed by atoms with Crippen LogP contribution in [0.1, 0.15) is 25.5 Å². The fraction of sp³-hybridized carbons (Fsp3) is 0.471. The summed E-state index contributed by atoms with van der Waals surface area (Å²) in [6.45, 7) is 6.56. The monoisotopic (exact) mass is 335 g/mol. The maximum absolute atomic E-state index is 5.93. The van der Waals surface area contributed by atoms with E-state index in [1.807, 2.05) is 24.3 Å². The molecule has 0 bridgehead atoms. The van der Waals surface area contributed by atoms with E-state index in [1.54, 1.807) is 11.3 Å². The predicted molar refractivity (Wildman–Crippen MR) is 94.5 cm³/mol. The van der Waals surface area contributed by atoms with Gasteiger partial charge in [0.2, 0.25) is 0 Å². The highest BCUT2D eigenvalue weighted by Gasteiger charge is 2.22. The smallest absolute Gasteiger partial charge is 0.123 e. The number of rotatable bonds is 6. The van der Waals surface area contributed by atoms with Crippen LogP contribution >= 0.6 is 22.9 Å². The van der Waals surface area contributed by atoms with Crippen LogP contribution in [-0.4, -0.2) is 35.6 Å². The van der Waals surface area contributed by atoms with Crippen molar-refractivity contribution in [1.29, 1.82) is 0 Å². The minimum atomic E-state index is 0.694. The Labute approximate surface area is 141 Å². The number of thiazole rings is 1. The van der Waals surface area contributed by atoms with E-state index in [-0.39, 0.29) is 0 Å². The van der Waals surface area contributed by atoms with E-state index in [0.717, 1.165) is 40.9 Å². The topological polar surface area (TPSA) is 28.2 Å². The molecule has 1 aliphatic rings. The Balaban J connectivity index is 1.52. The molecule has 1 fully saturated rings. The summed E-state index contributed by atoms with van der Waals surface area (Å²) < 4.78 is 0. The van der Waals surface area contributed by atoms with Gasteiger partial charge in [0.15, 0.2) is 0 Å². The molecular formula is C17H22ClN3S. The van der Waals surface area contributed by atoms with Gasteiger partial charge in [0.05, 0.1) is 5.69 Å². The van der Waals surface area contributed by atoms with Crippen LogP contribution in [0.5, 0.6) is 0 Å². The predicted octanol–water partition coefficient (Wildman–Crippen LogP) is 4.04. The summed E-state index contributed by atoms with van der Waals surface area (Å²) >= 11 is 7.62. The first-order valence-corrected chi connectivity index (χ1v) is 9.17. The summed E-state index contributed by atoms with van der Waals surface area (Å²) in [7, 11) is 0. The Bertz CT molecular complexity index is 596. The second kappa shape index (κ2) is 7.55. The van der Waals surface area contributed by atoms with Crippen molar-refractivity contribution in [3.8, 4) is 10.6 Å². The van der Waals surface area contributed by atoms with E-state index < -0.39 is 0 Å². The standard InChI is InChI=1S/C17H22ClN3S/c1-2-21-9-3-4-16(21)11-19-10-15-12-22-17(20-15)13-5-7-14(18)8-6-13/h5-8,12,16,19H,2-4,9-11H2,1H3/t16-/m0/s1. The molecule has 2 aromatic rings. The molecule has 1 aliphatic heterocycles. The summed E-state index contributed by atoms with van der Waals surface area (Å²) in [6.07, 6.45) is 2.64. The summed E-state index contributed by atoms with van der Waals surface area (Å²) in [5.74, 6) is 0. The van der Waals surface area contributed by atoms with Crippen LogP contribution in [0.3, 0.4) is 0 Å². The van der Waals surface area contributed by atoms with Crippen molar-refractivity contribution in [1.82, 2.24) is 15.2 Å². The van der Waals surface area contributed by atoms with Crippen LogP contribution in [0.25, 0.3) is 10.6 Å². The lowest BCUT2D eigenvalue weighted by Gasteiger charge is -2.22. The maximum atomic E-state index is 5.93. The van der Waals surface area contributed by atoms with Crippen LogP contribution in [0.2, 0.25) is 5.02 Å². The van der Waals surface area contributed by atoms with Gasteiger partial charge >= 0.3 is 0 Å². The minimum absolute atomic E-state index is 0.694. The average Bonchev–Trinajstić information content (AvgIpc) is 3.17. The summed E-state index contributed by atoms with van der Waals surface area (Å²) in [5.41, 5.74) is 2.25. The molecule has 1 aromatic carbocycles. The fourth-order valence-electron chi connectivity index (χ4n) is 3.02. The molecule has 3 rings (SSSR count). The molecule has 1 saturated heterocycles. The Morgan fingerprint density at radius 1 is 1.36 bits per heavy atom. The lowest BCUT2D eigenvalue weighted by Crippen LogP contribution is -2.37. The first-order valence-electron chi connectivity index (χ1n) is 7.91. The van der Waals surface area contributed by atoms with Gasteiger partial charge in [-0.3, -0.25) is 4.90 Å². The number of hydrogen-bond acceptors (Lipinski definition) is 4. The largest absolute Gasteiger partial charge is 0.310 e. The van der Waals surface area contributed by atoms with E-state index in [0.29, 0.717) is 6.04 Å². The molecule has 2 heterocycles. The molecule has 0 saturated carbocycles. The molecule has 5 heteroatoms. The van der Waals surface area contributed by atoms with Crippen molar-refractivity contribution in [3.63, 3.8) is 0 Å². The molecule has 1 N–H and O–H groups in total. The molecule has 0 unspecified atom stereocenters. The fourth-order valence-corrected chi connectivity index (χ4v) is 3.97. The third-order valence-electron chi connectivity index (χ3n) is 4.23. The van der Waals surface area contributed by atoms with Gasteiger partial charge in [-0.05, 0) is 38.1 Å². The molecule has 0 radical (unpaired) electrons. The van der Waals surface area contributed by atoms with Crippen molar-refractivity contribution in [3.05, 3.63) is 40.4 Å². The first-order chi connectivity index (χ1) is 10.8. The molecule has 3 nitrogen and oxygen atoms in total. The quantitative estimate of drug-likeness (QED) is 0.863. The highest BCUT2D eigenvalue weighted by molar-refractivity contribution is 7.13. The van der Waals surface area contributed by atoms with Gasteiger partial charge in [-0.2, -0.15) is 0 Å². The highest BCUT2D eigenvalue weighted by Crippen LogP contribution is 2.25. The van der Waals surface area contributed by atoms with E-state index in [2.05, 4.69) is 22.5 Å². The van der Waals surface area contributed by atoms with Crippen molar-refractivity contribution < 1.29 is 0 Å². The molecule has 118 valence electrons. The second-order valence-corrected chi connectivity index (χ2v) is 7.00. The SMILES string of the molecule is CCN1CCC[C@H]1CNCc1csc(-c2ccc(Cl)cc2)n1. The van der Waals surface area contributed by atoms with Crippen LogP contribution in [0, 0.1) is 0 Å². The van der Waals surface area contributed by atoms with Crippen molar-refractivity contribution >= 4 is 22.9 Å². The lowest BCUT2D eigenvalue weighted by atomic mass is 10.2. The molecule has 1 aromatic heterocycles. The van der Waals surface area contributed by atoms with Crippen LogP contribution in [-0.2, 0) is 6.54 Å². The van der Waals surface area contributed by atoms with Crippen molar-refractivity contribution in [2.75, 3.05) is 19.6 Å². The van der Waals surface area contributed by atoms with Gasteiger partial charge in [-0.1, -0.05) is 30.7 Å². The number of hydrogen-bond donors (Lipinski definition) is 1. The zero-order valence-electron chi connectivity index (χ0n) is 12.9. The highest BCUT2D eigenvalue weighted by atomic mass is 35.5. The third kappa shape index (κ3) is 3.87. The third-order valence-corrected chi connectivity index (χ3v) is 5.43. The second-order valence-electron chi connectivity index (χ2n) is 5.71. The first kappa shape index (κ1) is 15.9. The van der Waals surface area contributed by atoms with E-state index in [1.165, 1.54) is 19.4 Å². The maximum Gasteiger partial charge on any atom is 0.123 e. The Morgan fingerprint density at radius 2 is 2.18 bits per heavy atom. The van der Waals surface area contributed by atoms with Crippen molar-refractivity contribution in [2.45, 2.75) is 32.4 Å². The van der Waals surface area contributed by atoms with Gasteiger partial charge in [0.1, 0.15) is 5.01 Å². The van der Waals surface area contributed by atoms with E-state index in [9.17, 15) is 0 Å². The zero-order valence-corrected chi connectivity index (χ0v) is 14.5. The van der Waals surface area contributed by atoms with E-state index >= 15 is 0 Å². The van der Waals surface area contributed by atoms with Gasteiger partial charge in [0, 0.05) is 35.1 Å². The molecule has 0 spiro atoms. The number of nitrogens with one attached hydrogen (secondary N) is 1. The number of aromatic nitrogens is 1. The minimum Gasteiger partial charge on any atom is -0.310 e. The summed E-state index contributed by atoms with van der Waals surface area (Å²) in [4.78, 5) is 7.28. The van der Waals surface area contributed by atoms with Gasteiger partial charge in [0.25, 0.3) is 0 Å². The Morgan fingerprint density at radius 3 is 2.95 bits per heavy atom. The number of halogens is 1. The van der Waals surface area contributed by atoms with Gasteiger partial charge < -0.3 is 5.32 Å². The molecule has 1 atom stereocenters. The van der Waals surface area contributed by atoms with Gasteiger partial charge in [-0.25, -0.2) is 4.98 Å².